The van der Waals surface area contributed by atoms with Crippen LogP contribution in [-0.2, 0) is 13.6 Å². The van der Waals surface area contributed by atoms with E-state index in [2.05, 4.69) is 15.2 Å². The van der Waals surface area contributed by atoms with Gasteiger partial charge in [0.2, 0.25) is 5.95 Å². The smallest absolute Gasteiger partial charge is 0.225 e. The molecule has 0 unspecified atom stereocenters. The molecule has 0 saturated carbocycles. The van der Waals surface area contributed by atoms with Gasteiger partial charge in [-0.2, -0.15) is 10.2 Å². The fourth-order valence-electron chi connectivity index (χ4n) is 3.04. The first-order chi connectivity index (χ1) is 13.1. The molecule has 27 heavy (non-hydrogen) atoms. The van der Waals surface area contributed by atoms with Crippen LogP contribution in [0.15, 0.2) is 61.2 Å². The van der Waals surface area contributed by atoms with Crippen LogP contribution in [0.25, 0.3) is 16.9 Å². The molecule has 0 radical (unpaired) electrons. The SMILES string of the molecule is Cc1nn(C)cc1-c1ccnc(N(C)Cc2cnn(-c3ccccc3)c2)n1. The molecule has 3 heterocycles. The van der Waals surface area contributed by atoms with E-state index in [4.69, 9.17) is 4.98 Å². The van der Waals surface area contributed by atoms with Gasteiger partial charge in [-0.15, -0.1) is 0 Å². The van der Waals surface area contributed by atoms with E-state index in [1.54, 1.807) is 10.9 Å². The third-order valence-electron chi connectivity index (χ3n) is 4.35. The van der Waals surface area contributed by atoms with Crippen LogP contribution in [0.1, 0.15) is 11.3 Å². The predicted octanol–water partition coefficient (Wildman–Crippen LogP) is 3.01. The molecule has 0 spiro atoms. The summed E-state index contributed by atoms with van der Waals surface area (Å²) in [7, 11) is 3.89. The van der Waals surface area contributed by atoms with Crippen LogP contribution in [0.2, 0.25) is 0 Å². The van der Waals surface area contributed by atoms with Crippen molar-refractivity contribution in [2.24, 2.45) is 7.05 Å². The van der Waals surface area contributed by atoms with E-state index in [-0.39, 0.29) is 0 Å². The van der Waals surface area contributed by atoms with Crippen molar-refractivity contribution in [3.8, 4) is 16.9 Å². The highest BCUT2D eigenvalue weighted by atomic mass is 15.3. The maximum absolute atomic E-state index is 4.71. The second-order valence-electron chi connectivity index (χ2n) is 6.53. The summed E-state index contributed by atoms with van der Waals surface area (Å²) in [5.74, 6) is 0.670. The van der Waals surface area contributed by atoms with Crippen molar-refractivity contribution in [2.75, 3.05) is 11.9 Å². The molecule has 7 nitrogen and oxygen atoms in total. The lowest BCUT2D eigenvalue weighted by atomic mass is 10.2. The van der Waals surface area contributed by atoms with Crippen molar-refractivity contribution < 1.29 is 0 Å². The summed E-state index contributed by atoms with van der Waals surface area (Å²) >= 11 is 0. The second-order valence-corrected chi connectivity index (χ2v) is 6.53. The van der Waals surface area contributed by atoms with E-state index in [0.29, 0.717) is 12.5 Å². The van der Waals surface area contributed by atoms with E-state index in [1.165, 1.54) is 0 Å². The predicted molar refractivity (Wildman–Crippen MR) is 105 cm³/mol. The number of nitrogens with zero attached hydrogens (tertiary/aromatic N) is 7. The summed E-state index contributed by atoms with van der Waals surface area (Å²) in [5.41, 5.74) is 4.97. The Labute approximate surface area is 157 Å². The normalized spacial score (nSPS) is 10.9. The lowest BCUT2D eigenvalue weighted by Gasteiger charge is -2.16. The fraction of sp³-hybridized carbons (Fsp3) is 0.200. The Morgan fingerprint density at radius 2 is 1.89 bits per heavy atom. The summed E-state index contributed by atoms with van der Waals surface area (Å²) < 4.78 is 3.67. The second kappa shape index (κ2) is 7.03. The number of hydrogen-bond donors (Lipinski definition) is 0. The highest BCUT2D eigenvalue weighted by molar-refractivity contribution is 5.61. The van der Waals surface area contributed by atoms with E-state index >= 15 is 0 Å². The van der Waals surface area contributed by atoms with E-state index in [1.807, 2.05) is 85.6 Å². The summed E-state index contributed by atoms with van der Waals surface area (Å²) in [6.45, 7) is 2.65. The molecule has 7 heteroatoms. The largest absolute Gasteiger partial charge is 0.339 e. The van der Waals surface area contributed by atoms with Gasteiger partial charge in [0.25, 0.3) is 0 Å². The zero-order chi connectivity index (χ0) is 18.8. The maximum Gasteiger partial charge on any atom is 0.225 e. The number of hydrogen-bond acceptors (Lipinski definition) is 5. The van der Waals surface area contributed by atoms with Gasteiger partial charge in [-0.05, 0) is 25.1 Å². The molecule has 0 N–H and O–H groups in total. The minimum atomic E-state index is 0.669. The molecule has 0 fully saturated rings. The van der Waals surface area contributed by atoms with Crippen molar-refractivity contribution in [3.63, 3.8) is 0 Å². The van der Waals surface area contributed by atoms with Crippen LogP contribution in [0.4, 0.5) is 5.95 Å². The number of benzene rings is 1. The van der Waals surface area contributed by atoms with Crippen LogP contribution >= 0.6 is 0 Å². The van der Waals surface area contributed by atoms with E-state index < -0.39 is 0 Å². The molecule has 0 aliphatic carbocycles. The average molecular weight is 359 g/mol. The molecule has 0 saturated heterocycles. The third kappa shape index (κ3) is 3.57. The Kier molecular flexibility index (Phi) is 4.42. The van der Waals surface area contributed by atoms with Crippen LogP contribution in [0, 0.1) is 6.92 Å². The summed E-state index contributed by atoms with van der Waals surface area (Å²) in [4.78, 5) is 11.2. The quantitative estimate of drug-likeness (QED) is 0.548. The summed E-state index contributed by atoms with van der Waals surface area (Å²) in [5, 5.41) is 8.84. The highest BCUT2D eigenvalue weighted by Crippen LogP contribution is 2.22. The molecule has 4 rings (SSSR count). The Morgan fingerprint density at radius 3 is 2.63 bits per heavy atom. The minimum absolute atomic E-state index is 0.669. The number of anilines is 1. The van der Waals surface area contributed by atoms with Crippen LogP contribution in [-0.4, -0.2) is 36.6 Å². The number of para-hydroxylation sites is 1. The van der Waals surface area contributed by atoms with Crippen LogP contribution in [0.5, 0.6) is 0 Å². The summed E-state index contributed by atoms with van der Waals surface area (Å²) in [6, 6.07) is 12.0. The molecule has 1 aromatic carbocycles. The van der Waals surface area contributed by atoms with Gasteiger partial charge in [0, 0.05) is 50.4 Å². The Morgan fingerprint density at radius 1 is 1.07 bits per heavy atom. The van der Waals surface area contributed by atoms with Gasteiger partial charge in [-0.3, -0.25) is 4.68 Å². The monoisotopic (exact) mass is 359 g/mol. The number of rotatable bonds is 5. The van der Waals surface area contributed by atoms with Gasteiger partial charge in [0.15, 0.2) is 0 Å². The highest BCUT2D eigenvalue weighted by Gasteiger charge is 2.12. The van der Waals surface area contributed by atoms with Gasteiger partial charge >= 0.3 is 0 Å². The first-order valence-corrected chi connectivity index (χ1v) is 8.74. The molecule has 4 aromatic rings. The van der Waals surface area contributed by atoms with Crippen molar-refractivity contribution in [1.29, 1.82) is 0 Å². The fourth-order valence-corrected chi connectivity index (χ4v) is 3.04. The third-order valence-corrected chi connectivity index (χ3v) is 4.35. The maximum atomic E-state index is 4.71. The Hall–Kier alpha value is -3.48. The van der Waals surface area contributed by atoms with E-state index in [9.17, 15) is 0 Å². The van der Waals surface area contributed by atoms with Gasteiger partial charge in [0.1, 0.15) is 0 Å². The minimum Gasteiger partial charge on any atom is -0.339 e. The van der Waals surface area contributed by atoms with Crippen LogP contribution < -0.4 is 4.90 Å². The standard InChI is InChI=1S/C20H21N7/c1-15-18(14-26(3)24-15)19-9-10-21-20(23-19)25(2)12-16-11-22-27(13-16)17-7-5-4-6-8-17/h4-11,13-14H,12H2,1-3H3. The van der Waals surface area contributed by atoms with E-state index in [0.717, 1.165) is 28.2 Å². The topological polar surface area (TPSA) is 64.7 Å². The lowest BCUT2D eigenvalue weighted by molar-refractivity contribution is 0.756. The molecule has 0 aliphatic rings. The molecular formula is C20H21N7. The molecule has 0 aliphatic heterocycles. The average Bonchev–Trinajstić information content (AvgIpc) is 3.28. The van der Waals surface area contributed by atoms with Crippen molar-refractivity contribution in [3.05, 3.63) is 72.4 Å². The van der Waals surface area contributed by atoms with Crippen molar-refractivity contribution in [2.45, 2.75) is 13.5 Å². The van der Waals surface area contributed by atoms with Gasteiger partial charge < -0.3 is 4.90 Å². The molecular weight excluding hydrogens is 338 g/mol. The van der Waals surface area contributed by atoms with Crippen LogP contribution in [0.3, 0.4) is 0 Å². The Balaban J connectivity index is 1.54. The molecule has 0 amide bonds. The molecule has 136 valence electrons. The number of aryl methyl sites for hydroxylation is 2. The lowest BCUT2D eigenvalue weighted by Crippen LogP contribution is -2.19. The first kappa shape index (κ1) is 17.0. The van der Waals surface area contributed by atoms with Crippen molar-refractivity contribution >= 4 is 5.95 Å². The molecule has 3 aromatic heterocycles. The zero-order valence-corrected chi connectivity index (χ0v) is 15.6. The van der Waals surface area contributed by atoms with Gasteiger partial charge in [-0.1, -0.05) is 18.2 Å². The molecule has 0 atom stereocenters. The molecule has 0 bridgehead atoms. The van der Waals surface area contributed by atoms with Crippen molar-refractivity contribution in [1.82, 2.24) is 29.5 Å². The van der Waals surface area contributed by atoms with Gasteiger partial charge in [0.05, 0.1) is 23.3 Å². The zero-order valence-electron chi connectivity index (χ0n) is 15.6. The van der Waals surface area contributed by atoms with Gasteiger partial charge in [-0.25, -0.2) is 14.6 Å². The Bertz CT molecular complexity index is 1050. The first-order valence-electron chi connectivity index (χ1n) is 8.74. The summed E-state index contributed by atoms with van der Waals surface area (Å²) in [6.07, 6.45) is 7.67. The number of aromatic nitrogens is 6.